The van der Waals surface area contributed by atoms with Gasteiger partial charge in [0.15, 0.2) is 0 Å². The van der Waals surface area contributed by atoms with Crippen molar-refractivity contribution in [3.8, 4) is 0 Å². The maximum absolute atomic E-state index is 5.69. The van der Waals surface area contributed by atoms with Crippen molar-refractivity contribution >= 4 is 11.6 Å². The number of rotatable bonds is 51. The van der Waals surface area contributed by atoms with Crippen LogP contribution in [0, 0.1) is 0 Å². The Bertz CT molecular complexity index is 587. The third kappa shape index (κ3) is 51.9. The monoisotopic (exact) mass is 801 g/mol. The number of ether oxygens (including phenoxy) is 11. The minimum Gasteiger partial charge on any atom is -0.379 e. The highest BCUT2D eigenvalue weighted by molar-refractivity contribution is 6.17. The first-order valence-electron chi connectivity index (χ1n) is 21.8. The fourth-order valence-corrected chi connectivity index (χ4v) is 5.54. The topological polar surface area (TPSA) is 102 Å². The lowest BCUT2D eigenvalue weighted by Crippen LogP contribution is -2.15. The molecule has 0 heterocycles. The molecule has 11 nitrogen and oxygen atoms in total. The van der Waals surface area contributed by atoms with E-state index in [-0.39, 0.29) is 0 Å². The van der Waals surface area contributed by atoms with Crippen LogP contribution in [-0.2, 0) is 52.1 Å². The van der Waals surface area contributed by atoms with Gasteiger partial charge in [0.2, 0.25) is 0 Å². The van der Waals surface area contributed by atoms with Crippen molar-refractivity contribution in [3.05, 3.63) is 0 Å². The van der Waals surface area contributed by atoms with Crippen molar-refractivity contribution in [2.75, 3.05) is 151 Å². The maximum Gasteiger partial charge on any atom is 0.0701 e. The van der Waals surface area contributed by atoms with Crippen molar-refractivity contribution in [2.24, 2.45) is 0 Å². The van der Waals surface area contributed by atoms with Gasteiger partial charge in [-0.1, -0.05) is 103 Å². The van der Waals surface area contributed by atoms with Crippen LogP contribution in [0.5, 0.6) is 0 Å². The van der Waals surface area contributed by atoms with Gasteiger partial charge in [0.25, 0.3) is 0 Å². The van der Waals surface area contributed by atoms with Crippen molar-refractivity contribution in [1.29, 1.82) is 0 Å². The largest absolute Gasteiger partial charge is 0.379 e. The molecular weight excluding hydrogens is 716 g/mol. The fourth-order valence-electron chi connectivity index (χ4n) is 5.35. The number of alkyl halides is 1. The zero-order valence-corrected chi connectivity index (χ0v) is 35.6. The lowest BCUT2D eigenvalue weighted by atomic mass is 10.0. The van der Waals surface area contributed by atoms with Crippen LogP contribution in [0.3, 0.4) is 0 Å². The van der Waals surface area contributed by atoms with Crippen LogP contribution in [0.25, 0.3) is 0 Å². The van der Waals surface area contributed by atoms with Gasteiger partial charge in [0.1, 0.15) is 0 Å². The van der Waals surface area contributed by atoms with Gasteiger partial charge >= 0.3 is 0 Å². The Labute approximate surface area is 336 Å². The first-order chi connectivity index (χ1) is 26.9. The lowest BCUT2D eigenvalue weighted by Gasteiger charge is -2.09. The van der Waals surface area contributed by atoms with Crippen LogP contribution in [-0.4, -0.2) is 151 Å². The summed E-state index contributed by atoms with van der Waals surface area (Å²) in [6, 6.07) is 0. The quantitative estimate of drug-likeness (QED) is 0.0438. The summed E-state index contributed by atoms with van der Waals surface area (Å²) in [6.07, 6.45) is 23.8. The minimum atomic E-state index is 0.524. The Morgan fingerprint density at radius 1 is 0.204 bits per heavy atom. The predicted molar refractivity (Wildman–Crippen MR) is 219 cm³/mol. The normalized spacial score (nSPS) is 11.7. The summed E-state index contributed by atoms with van der Waals surface area (Å²) in [5.74, 6) is 0.746. The van der Waals surface area contributed by atoms with E-state index in [1.54, 1.807) is 0 Å². The molecule has 0 amide bonds. The van der Waals surface area contributed by atoms with Gasteiger partial charge in [-0.3, -0.25) is 0 Å². The van der Waals surface area contributed by atoms with E-state index in [9.17, 15) is 0 Å². The van der Waals surface area contributed by atoms with Gasteiger partial charge in [-0.25, -0.2) is 0 Å². The molecule has 0 spiro atoms. The molecule has 0 saturated heterocycles. The predicted octanol–water partition coefficient (Wildman–Crippen LogP) is 8.45. The van der Waals surface area contributed by atoms with E-state index >= 15 is 0 Å². The first kappa shape index (κ1) is 53.9. The molecule has 0 aromatic rings. The molecule has 0 rings (SSSR count). The van der Waals surface area contributed by atoms with E-state index in [1.807, 2.05) is 0 Å². The molecule has 326 valence electrons. The second-order valence-electron chi connectivity index (χ2n) is 13.4. The van der Waals surface area contributed by atoms with Crippen LogP contribution in [0.15, 0.2) is 0 Å². The molecule has 0 fully saturated rings. The summed E-state index contributed by atoms with van der Waals surface area (Å²) in [7, 11) is 0. The van der Waals surface area contributed by atoms with E-state index in [2.05, 4.69) is 6.92 Å². The minimum absolute atomic E-state index is 0.524. The van der Waals surface area contributed by atoms with Crippen molar-refractivity contribution in [1.82, 2.24) is 0 Å². The number of unbranched alkanes of at least 4 members (excludes halogenated alkanes) is 16. The molecule has 0 aromatic carbocycles. The van der Waals surface area contributed by atoms with Gasteiger partial charge in [-0.15, -0.1) is 11.6 Å². The molecule has 0 atom stereocenters. The zero-order valence-electron chi connectivity index (χ0n) is 34.9. The standard InChI is InChI=1S/C42H85ClO11/c1-2-3-4-5-6-7-8-9-10-11-12-13-15-18-21-44-23-25-46-27-29-48-31-33-50-35-37-52-39-41-54-42-40-53-38-36-51-34-32-49-30-28-47-26-24-45-22-19-16-14-17-20-43/h2-42H2,1H3. The summed E-state index contributed by atoms with van der Waals surface area (Å²) < 4.78 is 60.9. The van der Waals surface area contributed by atoms with E-state index in [4.69, 9.17) is 63.7 Å². The first-order valence-corrected chi connectivity index (χ1v) is 22.4. The highest BCUT2D eigenvalue weighted by Crippen LogP contribution is 2.13. The smallest absolute Gasteiger partial charge is 0.0701 e. The van der Waals surface area contributed by atoms with Crippen LogP contribution >= 0.6 is 11.6 Å². The summed E-state index contributed by atoms with van der Waals surface area (Å²) in [4.78, 5) is 0. The van der Waals surface area contributed by atoms with Gasteiger partial charge in [0.05, 0.1) is 132 Å². The highest BCUT2D eigenvalue weighted by Gasteiger charge is 1.98. The summed E-state index contributed by atoms with van der Waals surface area (Å²) in [5.41, 5.74) is 0. The van der Waals surface area contributed by atoms with Crippen LogP contribution in [0.4, 0.5) is 0 Å². The Kier molecular flexibility index (Phi) is 52.7. The number of halogens is 1. The molecule has 0 aliphatic rings. The van der Waals surface area contributed by atoms with Crippen LogP contribution < -0.4 is 0 Å². The number of hydrogen-bond acceptors (Lipinski definition) is 11. The summed E-state index contributed by atoms with van der Waals surface area (Å²) in [6.45, 7) is 15.0. The van der Waals surface area contributed by atoms with Gasteiger partial charge in [-0.2, -0.15) is 0 Å². The van der Waals surface area contributed by atoms with Crippen molar-refractivity contribution in [3.63, 3.8) is 0 Å². The van der Waals surface area contributed by atoms with E-state index < -0.39 is 0 Å². The molecule has 0 unspecified atom stereocenters. The van der Waals surface area contributed by atoms with E-state index in [0.29, 0.717) is 132 Å². The van der Waals surface area contributed by atoms with Crippen LogP contribution in [0.2, 0.25) is 0 Å². The van der Waals surface area contributed by atoms with Gasteiger partial charge < -0.3 is 52.1 Å². The molecule has 54 heavy (non-hydrogen) atoms. The molecule has 0 bridgehead atoms. The molecule has 0 aromatic heterocycles. The Morgan fingerprint density at radius 3 is 0.574 bits per heavy atom. The van der Waals surface area contributed by atoms with Gasteiger partial charge in [0, 0.05) is 19.1 Å². The number of hydrogen-bond donors (Lipinski definition) is 0. The van der Waals surface area contributed by atoms with E-state index in [0.717, 1.165) is 38.4 Å². The molecule has 0 radical (unpaired) electrons. The second kappa shape index (κ2) is 52.9. The molecule has 0 aliphatic heterocycles. The molecular formula is C42H85ClO11. The third-order valence-electron chi connectivity index (χ3n) is 8.53. The average Bonchev–Trinajstić information content (AvgIpc) is 3.18. The van der Waals surface area contributed by atoms with Crippen LogP contribution in [0.1, 0.15) is 122 Å². The Hall–Kier alpha value is -0.150. The lowest BCUT2D eigenvalue weighted by molar-refractivity contribution is -0.0275. The Balaban J connectivity index is 3.05. The molecule has 0 aliphatic carbocycles. The Morgan fingerprint density at radius 2 is 0.370 bits per heavy atom. The maximum atomic E-state index is 5.69. The highest BCUT2D eigenvalue weighted by atomic mass is 35.5. The van der Waals surface area contributed by atoms with Crippen molar-refractivity contribution in [2.45, 2.75) is 122 Å². The molecule has 12 heteroatoms. The average molecular weight is 802 g/mol. The SMILES string of the molecule is CCCCCCCCCCCCCCCCOCCOCCOCCOCCOCCOCCOCCOCCOCCOCCOCCCCCCCl. The summed E-state index contributed by atoms with van der Waals surface area (Å²) in [5, 5.41) is 0. The van der Waals surface area contributed by atoms with E-state index in [1.165, 1.54) is 96.3 Å². The zero-order chi connectivity index (χ0) is 38.8. The molecule has 0 N–H and O–H groups in total. The van der Waals surface area contributed by atoms with Crippen molar-refractivity contribution < 1.29 is 52.1 Å². The van der Waals surface area contributed by atoms with Gasteiger partial charge in [-0.05, 0) is 19.3 Å². The summed E-state index contributed by atoms with van der Waals surface area (Å²) >= 11 is 5.66. The second-order valence-corrected chi connectivity index (χ2v) is 13.8. The molecule has 0 saturated carbocycles. The third-order valence-corrected chi connectivity index (χ3v) is 8.80. The fraction of sp³-hybridized carbons (Fsp3) is 1.00.